The molecule has 0 aromatic heterocycles. The molecule has 0 bridgehead atoms. The Morgan fingerprint density at radius 1 is 1.14 bits per heavy atom. The number of rotatable bonds is 5. The van der Waals surface area contributed by atoms with Crippen LogP contribution in [0, 0.1) is 17.5 Å². The van der Waals surface area contributed by atoms with Gasteiger partial charge in [-0.3, -0.25) is 4.72 Å². The van der Waals surface area contributed by atoms with Gasteiger partial charge in [0.15, 0.2) is 17.5 Å². The number of methoxy groups -OCH3 is 1. The van der Waals surface area contributed by atoms with Crippen molar-refractivity contribution in [2.75, 3.05) is 32.5 Å². The van der Waals surface area contributed by atoms with Crippen molar-refractivity contribution in [3.05, 3.63) is 47.3 Å². The third-order valence-electron chi connectivity index (χ3n) is 4.56. The molecule has 10 heteroatoms. The molecule has 1 heterocycles. The molecule has 1 aliphatic heterocycles. The van der Waals surface area contributed by atoms with Gasteiger partial charge in [0.05, 0.1) is 12.8 Å². The standard InChI is InChI=1S/C18H19F3N2O4S/c1-23(2)10-8-11-14(26-3)6-5-13(18(11)27-9-10)22-28(24,25)15-7-4-12(19)16(20)17(15)21/h4-7,10,22H,8-9H2,1-3H3/t10-/m1/s1. The third-order valence-corrected chi connectivity index (χ3v) is 5.94. The maximum absolute atomic E-state index is 14.0. The lowest BCUT2D eigenvalue weighted by Crippen LogP contribution is -2.38. The van der Waals surface area contributed by atoms with E-state index in [2.05, 4.69) is 4.72 Å². The van der Waals surface area contributed by atoms with E-state index >= 15 is 0 Å². The Morgan fingerprint density at radius 2 is 1.86 bits per heavy atom. The van der Waals surface area contributed by atoms with E-state index < -0.39 is 32.4 Å². The topological polar surface area (TPSA) is 67.9 Å². The second kappa shape index (κ2) is 7.51. The highest BCUT2D eigenvalue weighted by atomic mass is 32.2. The fourth-order valence-electron chi connectivity index (χ4n) is 2.96. The molecule has 0 radical (unpaired) electrons. The van der Waals surface area contributed by atoms with Crippen molar-refractivity contribution in [1.82, 2.24) is 4.90 Å². The zero-order valence-electron chi connectivity index (χ0n) is 15.4. The number of benzene rings is 2. The van der Waals surface area contributed by atoms with Crippen molar-refractivity contribution >= 4 is 15.7 Å². The Bertz CT molecular complexity index is 1010. The van der Waals surface area contributed by atoms with Crippen LogP contribution in [0.15, 0.2) is 29.2 Å². The van der Waals surface area contributed by atoms with Crippen LogP contribution < -0.4 is 14.2 Å². The summed E-state index contributed by atoms with van der Waals surface area (Å²) in [5, 5.41) is 0. The molecule has 0 unspecified atom stereocenters. The van der Waals surface area contributed by atoms with Crippen molar-refractivity contribution in [2.45, 2.75) is 17.4 Å². The molecule has 1 aliphatic rings. The van der Waals surface area contributed by atoms with Gasteiger partial charge in [-0.25, -0.2) is 21.6 Å². The van der Waals surface area contributed by atoms with Crippen LogP contribution >= 0.6 is 0 Å². The quantitative estimate of drug-likeness (QED) is 0.760. The van der Waals surface area contributed by atoms with Gasteiger partial charge < -0.3 is 14.4 Å². The highest BCUT2D eigenvalue weighted by Gasteiger charge is 2.30. The number of hydrogen-bond donors (Lipinski definition) is 1. The van der Waals surface area contributed by atoms with Gasteiger partial charge in [0.2, 0.25) is 0 Å². The first kappa shape index (κ1) is 20.3. The lowest BCUT2D eigenvalue weighted by atomic mass is 10.00. The Morgan fingerprint density at radius 3 is 2.50 bits per heavy atom. The summed E-state index contributed by atoms with van der Waals surface area (Å²) in [6.07, 6.45) is 0.542. The summed E-state index contributed by atoms with van der Waals surface area (Å²) in [5.74, 6) is -4.35. The molecule has 2 aromatic rings. The Labute approximate surface area is 160 Å². The molecule has 152 valence electrons. The number of hydrogen-bond acceptors (Lipinski definition) is 5. The maximum atomic E-state index is 14.0. The van der Waals surface area contributed by atoms with Crippen LogP contribution in [0.25, 0.3) is 0 Å². The summed E-state index contributed by atoms with van der Waals surface area (Å²) in [7, 11) is 0.738. The van der Waals surface area contributed by atoms with Gasteiger partial charge in [0.1, 0.15) is 23.0 Å². The lowest BCUT2D eigenvalue weighted by molar-refractivity contribution is 0.164. The van der Waals surface area contributed by atoms with Crippen molar-refractivity contribution in [1.29, 1.82) is 0 Å². The number of ether oxygens (including phenoxy) is 2. The number of nitrogens with one attached hydrogen (secondary N) is 1. The van der Waals surface area contributed by atoms with Crippen molar-refractivity contribution in [3.63, 3.8) is 0 Å². The van der Waals surface area contributed by atoms with Gasteiger partial charge in [-0.1, -0.05) is 0 Å². The normalized spacial score (nSPS) is 16.5. The molecule has 28 heavy (non-hydrogen) atoms. The van der Waals surface area contributed by atoms with E-state index in [0.717, 1.165) is 0 Å². The fraction of sp³-hybridized carbons (Fsp3) is 0.333. The Kier molecular flexibility index (Phi) is 5.44. The molecule has 3 rings (SSSR count). The molecule has 0 fully saturated rings. The summed E-state index contributed by atoms with van der Waals surface area (Å²) >= 11 is 0. The minimum Gasteiger partial charge on any atom is -0.496 e. The summed E-state index contributed by atoms with van der Waals surface area (Å²) < 4.78 is 78.9. The number of halogens is 3. The van der Waals surface area contributed by atoms with E-state index in [-0.39, 0.29) is 17.5 Å². The van der Waals surface area contributed by atoms with Gasteiger partial charge in [0, 0.05) is 11.6 Å². The molecule has 6 nitrogen and oxygen atoms in total. The number of nitrogens with zero attached hydrogens (tertiary/aromatic N) is 1. The van der Waals surface area contributed by atoms with Crippen LogP contribution in [0.1, 0.15) is 5.56 Å². The number of anilines is 1. The van der Waals surface area contributed by atoms with Crippen LogP contribution in [-0.2, 0) is 16.4 Å². The van der Waals surface area contributed by atoms with E-state index in [1.807, 2.05) is 19.0 Å². The van der Waals surface area contributed by atoms with E-state index in [1.54, 1.807) is 6.07 Å². The average Bonchev–Trinajstić information content (AvgIpc) is 2.65. The third kappa shape index (κ3) is 3.61. The number of likely N-dealkylation sites (N-methyl/N-ethyl adjacent to an activating group) is 1. The van der Waals surface area contributed by atoms with Crippen LogP contribution in [0.4, 0.5) is 18.9 Å². The van der Waals surface area contributed by atoms with Gasteiger partial charge >= 0.3 is 0 Å². The van der Waals surface area contributed by atoms with Crippen molar-refractivity contribution in [2.24, 2.45) is 0 Å². The van der Waals surface area contributed by atoms with Crippen LogP contribution in [-0.4, -0.2) is 47.2 Å². The smallest absolute Gasteiger partial charge is 0.265 e. The minimum atomic E-state index is -4.53. The van der Waals surface area contributed by atoms with E-state index in [4.69, 9.17) is 9.47 Å². The van der Waals surface area contributed by atoms with Gasteiger partial charge in [-0.15, -0.1) is 0 Å². The molecule has 0 saturated heterocycles. The van der Waals surface area contributed by atoms with Gasteiger partial charge in [-0.05, 0) is 44.8 Å². The Hall–Kier alpha value is -2.46. The highest BCUT2D eigenvalue weighted by Crippen LogP contribution is 2.40. The fourth-order valence-corrected chi connectivity index (χ4v) is 4.09. The summed E-state index contributed by atoms with van der Waals surface area (Å²) in [6, 6.07) is 4.23. The molecule has 0 spiro atoms. The monoisotopic (exact) mass is 416 g/mol. The second-order valence-electron chi connectivity index (χ2n) is 6.53. The van der Waals surface area contributed by atoms with Crippen LogP contribution in [0.2, 0.25) is 0 Å². The summed E-state index contributed by atoms with van der Waals surface area (Å²) in [4.78, 5) is 0.966. The predicted molar refractivity (Wildman–Crippen MR) is 96.8 cm³/mol. The highest BCUT2D eigenvalue weighted by molar-refractivity contribution is 7.92. The van der Waals surface area contributed by atoms with E-state index in [0.29, 0.717) is 36.5 Å². The molecule has 1 atom stereocenters. The van der Waals surface area contributed by atoms with Gasteiger partial charge in [-0.2, -0.15) is 0 Å². The van der Waals surface area contributed by atoms with Crippen molar-refractivity contribution in [3.8, 4) is 11.5 Å². The van der Waals surface area contributed by atoms with Crippen LogP contribution in [0.3, 0.4) is 0 Å². The Balaban J connectivity index is 2.02. The second-order valence-corrected chi connectivity index (χ2v) is 8.19. The first-order chi connectivity index (χ1) is 13.2. The maximum Gasteiger partial charge on any atom is 0.265 e. The average molecular weight is 416 g/mol. The van der Waals surface area contributed by atoms with E-state index in [9.17, 15) is 21.6 Å². The van der Waals surface area contributed by atoms with Crippen molar-refractivity contribution < 1.29 is 31.1 Å². The largest absolute Gasteiger partial charge is 0.496 e. The summed E-state index contributed by atoms with van der Waals surface area (Å²) in [6.45, 7) is 0.307. The number of fused-ring (bicyclic) bond motifs is 1. The molecule has 1 N–H and O–H groups in total. The zero-order valence-corrected chi connectivity index (χ0v) is 16.2. The lowest BCUT2D eigenvalue weighted by Gasteiger charge is -2.32. The minimum absolute atomic E-state index is 0.0527. The molecular formula is C18H19F3N2O4S. The number of sulfonamides is 1. The first-order valence-corrected chi connectivity index (χ1v) is 9.79. The molecule has 2 aromatic carbocycles. The molecule has 0 amide bonds. The molecular weight excluding hydrogens is 397 g/mol. The summed E-state index contributed by atoms with van der Waals surface area (Å²) in [5.41, 5.74) is 0.704. The first-order valence-electron chi connectivity index (χ1n) is 8.31. The predicted octanol–water partition coefficient (Wildman–Crippen LogP) is 2.78. The van der Waals surface area contributed by atoms with E-state index in [1.165, 1.54) is 13.2 Å². The van der Waals surface area contributed by atoms with Gasteiger partial charge in [0.25, 0.3) is 10.0 Å². The SMILES string of the molecule is COc1ccc(NS(=O)(=O)c2ccc(F)c(F)c2F)c2c1C[C@@H](N(C)C)CO2. The zero-order chi connectivity index (χ0) is 20.6. The van der Waals surface area contributed by atoms with Crippen LogP contribution in [0.5, 0.6) is 11.5 Å². The molecule has 0 aliphatic carbocycles. The molecule has 0 saturated carbocycles.